The number of thioether (sulfide) groups is 1. The van der Waals surface area contributed by atoms with E-state index in [-0.39, 0.29) is 0 Å². The summed E-state index contributed by atoms with van der Waals surface area (Å²) < 4.78 is 15.2. The van der Waals surface area contributed by atoms with Crippen molar-refractivity contribution in [3.05, 3.63) is 132 Å². The monoisotopic (exact) mass is 482 g/mol. The minimum atomic E-state index is -3.09. The average Bonchev–Trinajstić information content (AvgIpc) is 2.91. The van der Waals surface area contributed by atoms with Gasteiger partial charge in [0.15, 0.2) is 7.14 Å². The number of aryl methyl sites for hydroxylation is 1. The maximum Gasteiger partial charge on any atom is 0.172 e. The van der Waals surface area contributed by atoms with E-state index in [0.717, 1.165) is 32.8 Å². The third-order valence-electron chi connectivity index (χ3n) is 5.95. The number of benzene rings is 4. The second kappa shape index (κ2) is 12.1. The first-order chi connectivity index (χ1) is 16.7. The fraction of sp³-hybridized carbons (Fsp3) is 0.161. The molecule has 0 aliphatic rings. The lowest BCUT2D eigenvalue weighted by atomic mass is 10.1. The minimum Gasteiger partial charge on any atom is -0.309 e. The first-order valence-electron chi connectivity index (χ1n) is 11.9. The van der Waals surface area contributed by atoms with E-state index in [4.69, 9.17) is 0 Å². The maximum absolute atomic E-state index is 15.2. The van der Waals surface area contributed by atoms with Gasteiger partial charge in [0.1, 0.15) is 0 Å². The van der Waals surface area contributed by atoms with Crippen LogP contribution in [0.4, 0.5) is 0 Å². The van der Waals surface area contributed by atoms with Crippen LogP contribution in [0.15, 0.2) is 126 Å². The molecule has 0 amide bonds. The number of hydrogen-bond donors (Lipinski definition) is 0. The highest BCUT2D eigenvalue weighted by molar-refractivity contribution is 8.03. The number of hydrogen-bond acceptors (Lipinski definition) is 2. The number of unbranched alkanes of at least 4 members (excludes halogenated alkanes) is 2. The average molecular weight is 483 g/mol. The van der Waals surface area contributed by atoms with Gasteiger partial charge < -0.3 is 4.57 Å². The van der Waals surface area contributed by atoms with Gasteiger partial charge in [-0.15, -0.1) is 0 Å². The molecule has 172 valence electrons. The molecule has 0 fully saturated rings. The molecular formula is C31H31OPS. The Hall–Kier alpha value is -2.80. The topological polar surface area (TPSA) is 17.1 Å². The Bertz CT molecular complexity index is 1190. The van der Waals surface area contributed by atoms with E-state index in [0.29, 0.717) is 0 Å². The summed E-state index contributed by atoms with van der Waals surface area (Å²) in [5, 5.41) is 4.68. The van der Waals surface area contributed by atoms with Crippen molar-refractivity contribution in [2.45, 2.75) is 37.5 Å². The summed E-state index contributed by atoms with van der Waals surface area (Å²) in [6.45, 7) is 2.23. The van der Waals surface area contributed by atoms with Crippen molar-refractivity contribution in [1.29, 1.82) is 0 Å². The number of rotatable bonds is 10. The summed E-state index contributed by atoms with van der Waals surface area (Å²) >= 11 is 1.63. The van der Waals surface area contributed by atoms with E-state index in [9.17, 15) is 0 Å². The molecule has 0 aromatic heterocycles. The molecule has 0 saturated carbocycles. The second-order valence-electron chi connectivity index (χ2n) is 8.37. The molecule has 4 aromatic carbocycles. The first kappa shape index (κ1) is 24.3. The Morgan fingerprint density at radius 3 is 1.76 bits per heavy atom. The van der Waals surface area contributed by atoms with Gasteiger partial charge in [-0.3, -0.25) is 0 Å². The van der Waals surface area contributed by atoms with Crippen LogP contribution in [0.5, 0.6) is 0 Å². The lowest BCUT2D eigenvalue weighted by molar-refractivity contribution is 0.593. The van der Waals surface area contributed by atoms with Gasteiger partial charge in [0, 0.05) is 20.8 Å². The summed E-state index contributed by atoms with van der Waals surface area (Å²) in [5.41, 5.74) is 2.35. The standard InChI is InChI=1S/C31H31OPS/c1-2-3-7-14-26-21-23-27(24-22-26)31(25-34-30-19-12-6-13-20-30)33(32,28-15-8-4-9-16-28)29-17-10-5-11-18-29/h4-6,8-13,15-25H,2-3,7,14H2,1H3/b31-25+. The molecule has 0 bridgehead atoms. The zero-order valence-corrected chi connectivity index (χ0v) is 21.4. The molecule has 0 saturated heterocycles. The highest BCUT2D eigenvalue weighted by Crippen LogP contribution is 2.57. The van der Waals surface area contributed by atoms with Crippen LogP contribution in [0.2, 0.25) is 0 Å². The van der Waals surface area contributed by atoms with Crippen LogP contribution in [0.25, 0.3) is 5.31 Å². The molecule has 4 aromatic rings. The first-order valence-corrected chi connectivity index (χ1v) is 14.5. The molecule has 0 radical (unpaired) electrons. The third kappa shape index (κ3) is 5.81. The van der Waals surface area contributed by atoms with Crippen molar-refractivity contribution in [2.75, 3.05) is 0 Å². The van der Waals surface area contributed by atoms with Crippen LogP contribution in [0.1, 0.15) is 37.3 Å². The Balaban J connectivity index is 1.82. The molecule has 0 aliphatic heterocycles. The predicted octanol–water partition coefficient (Wildman–Crippen LogP) is 8.52. The van der Waals surface area contributed by atoms with Crippen LogP contribution in [-0.2, 0) is 11.0 Å². The predicted molar refractivity (Wildman–Crippen MR) is 150 cm³/mol. The molecule has 0 spiro atoms. The normalized spacial score (nSPS) is 12.0. The van der Waals surface area contributed by atoms with Crippen molar-refractivity contribution >= 4 is 34.8 Å². The molecule has 0 aliphatic carbocycles. The molecule has 0 unspecified atom stereocenters. The van der Waals surface area contributed by atoms with Crippen LogP contribution in [0.3, 0.4) is 0 Å². The molecule has 0 heterocycles. The van der Waals surface area contributed by atoms with Gasteiger partial charge in [0.05, 0.1) is 0 Å². The van der Waals surface area contributed by atoms with Gasteiger partial charge in [0.2, 0.25) is 0 Å². The van der Waals surface area contributed by atoms with Crippen LogP contribution in [0, 0.1) is 0 Å². The SMILES string of the molecule is CCCCCc1ccc(/C(=C\Sc2ccccc2)P(=O)(c2ccccc2)c2ccccc2)cc1. The van der Waals surface area contributed by atoms with Gasteiger partial charge in [0.25, 0.3) is 0 Å². The van der Waals surface area contributed by atoms with Gasteiger partial charge in [-0.2, -0.15) is 0 Å². The van der Waals surface area contributed by atoms with Crippen LogP contribution < -0.4 is 10.6 Å². The van der Waals surface area contributed by atoms with E-state index in [1.54, 1.807) is 11.8 Å². The summed E-state index contributed by atoms with van der Waals surface area (Å²) in [6.07, 6.45) is 4.76. The van der Waals surface area contributed by atoms with E-state index < -0.39 is 7.14 Å². The lowest BCUT2D eigenvalue weighted by Gasteiger charge is -2.23. The highest BCUT2D eigenvalue weighted by Gasteiger charge is 2.32. The van der Waals surface area contributed by atoms with Gasteiger partial charge in [-0.25, -0.2) is 0 Å². The van der Waals surface area contributed by atoms with Crippen LogP contribution >= 0.6 is 18.9 Å². The highest BCUT2D eigenvalue weighted by atomic mass is 32.2. The Morgan fingerprint density at radius 1 is 0.706 bits per heavy atom. The molecule has 3 heteroatoms. The van der Waals surface area contributed by atoms with E-state index in [1.165, 1.54) is 24.8 Å². The summed E-state index contributed by atoms with van der Waals surface area (Å²) in [7, 11) is -3.09. The van der Waals surface area contributed by atoms with E-state index >= 15 is 4.57 Å². The fourth-order valence-electron chi connectivity index (χ4n) is 4.07. The largest absolute Gasteiger partial charge is 0.309 e. The molecule has 34 heavy (non-hydrogen) atoms. The molecule has 4 rings (SSSR count). The van der Waals surface area contributed by atoms with Crippen molar-refractivity contribution in [3.63, 3.8) is 0 Å². The summed E-state index contributed by atoms with van der Waals surface area (Å²) in [5.74, 6) is 0. The van der Waals surface area contributed by atoms with E-state index in [2.05, 4.69) is 48.7 Å². The van der Waals surface area contributed by atoms with Crippen molar-refractivity contribution in [3.8, 4) is 0 Å². The smallest absolute Gasteiger partial charge is 0.172 e. The fourth-order valence-corrected chi connectivity index (χ4v) is 8.07. The van der Waals surface area contributed by atoms with Crippen molar-refractivity contribution in [1.82, 2.24) is 0 Å². The molecule has 1 nitrogen and oxygen atoms in total. The van der Waals surface area contributed by atoms with Gasteiger partial charge in [-0.05, 0) is 41.5 Å². The quantitative estimate of drug-likeness (QED) is 0.128. The molecular weight excluding hydrogens is 451 g/mol. The van der Waals surface area contributed by atoms with Crippen LogP contribution in [-0.4, -0.2) is 0 Å². The molecule has 0 atom stereocenters. The maximum atomic E-state index is 15.2. The minimum absolute atomic E-state index is 0.855. The molecule has 0 N–H and O–H groups in total. The second-order valence-corrected chi connectivity index (χ2v) is 12.0. The third-order valence-corrected chi connectivity index (χ3v) is 10.1. The van der Waals surface area contributed by atoms with Gasteiger partial charge in [-0.1, -0.05) is 135 Å². The Morgan fingerprint density at radius 2 is 1.24 bits per heavy atom. The Kier molecular flexibility index (Phi) is 8.63. The van der Waals surface area contributed by atoms with E-state index in [1.807, 2.05) is 78.9 Å². The lowest BCUT2D eigenvalue weighted by Crippen LogP contribution is -2.17. The van der Waals surface area contributed by atoms with Crippen molar-refractivity contribution < 1.29 is 4.57 Å². The zero-order chi connectivity index (χ0) is 23.6. The Labute approximate surface area is 208 Å². The zero-order valence-electron chi connectivity index (χ0n) is 19.6. The van der Waals surface area contributed by atoms with Crippen molar-refractivity contribution in [2.24, 2.45) is 0 Å². The summed E-state index contributed by atoms with van der Waals surface area (Å²) in [4.78, 5) is 1.13. The summed E-state index contributed by atoms with van der Waals surface area (Å²) in [6, 6.07) is 38.8. The van der Waals surface area contributed by atoms with Gasteiger partial charge >= 0.3 is 0 Å².